The van der Waals surface area contributed by atoms with Gasteiger partial charge in [0.05, 0.1) is 12.7 Å². The Hall–Kier alpha value is -1.72. The molecule has 2 amide bonds. The van der Waals surface area contributed by atoms with Gasteiger partial charge in [-0.25, -0.2) is 8.78 Å². The predicted molar refractivity (Wildman–Crippen MR) is 67.1 cm³/mol. The second-order valence-corrected chi connectivity index (χ2v) is 3.98. The number of hydrogen-bond donors (Lipinski definition) is 0. The molecule has 0 aromatic rings. The average Bonchev–Trinajstić information content (AvgIpc) is 2.35. The topological polar surface area (TPSA) is 40.6 Å². The van der Waals surface area contributed by atoms with Gasteiger partial charge in [-0.15, -0.1) is 0 Å². The van der Waals surface area contributed by atoms with Crippen LogP contribution in [0.2, 0.25) is 0 Å². The first-order valence-electron chi connectivity index (χ1n) is 5.16. The minimum absolute atomic E-state index is 0.125. The summed E-state index contributed by atoms with van der Waals surface area (Å²) in [4.78, 5) is 24.0. The number of carbonyl (C=O) groups is 2. The van der Waals surface area contributed by atoms with Crippen molar-refractivity contribution in [2.24, 2.45) is 0 Å². The van der Waals surface area contributed by atoms with Crippen molar-refractivity contribution in [3.05, 3.63) is 23.8 Å². The predicted octanol–water partition coefficient (Wildman–Crippen LogP) is 1.90. The number of rotatable bonds is 2. The van der Waals surface area contributed by atoms with Crippen LogP contribution in [-0.4, -0.2) is 49.8 Å². The second-order valence-electron chi connectivity index (χ2n) is 3.98. The summed E-state index contributed by atoms with van der Waals surface area (Å²) >= 11 is 0. The highest BCUT2D eigenvalue weighted by Crippen LogP contribution is 1.96. The van der Waals surface area contributed by atoms with Crippen molar-refractivity contribution < 1.29 is 18.4 Å². The summed E-state index contributed by atoms with van der Waals surface area (Å²) in [6, 6.07) is 0. The first kappa shape index (κ1) is 18.6. The van der Waals surface area contributed by atoms with Crippen molar-refractivity contribution in [1.82, 2.24) is 9.80 Å². The summed E-state index contributed by atoms with van der Waals surface area (Å²) in [6.07, 6.45) is 0.616. The lowest BCUT2D eigenvalue weighted by Gasteiger charge is -2.08. The second kappa shape index (κ2) is 9.32. The summed E-state index contributed by atoms with van der Waals surface area (Å²) in [7, 11) is 6.31. The molecule has 0 saturated carbocycles. The van der Waals surface area contributed by atoms with Gasteiger partial charge in [0.1, 0.15) is 0 Å². The molecule has 0 saturated heterocycles. The van der Waals surface area contributed by atoms with Gasteiger partial charge in [0.25, 0.3) is 11.8 Å². The molecule has 0 aromatic carbocycles. The smallest absolute Gasteiger partial charge is 0.251 e. The minimum Gasteiger partial charge on any atom is -0.345 e. The van der Waals surface area contributed by atoms with E-state index < -0.39 is 0 Å². The summed E-state index contributed by atoms with van der Waals surface area (Å²) in [6.45, 7) is 2.87. The molecule has 0 N–H and O–H groups in total. The van der Waals surface area contributed by atoms with Crippen LogP contribution in [0.25, 0.3) is 0 Å². The van der Waals surface area contributed by atoms with Gasteiger partial charge < -0.3 is 9.80 Å². The Morgan fingerprint density at radius 1 is 0.778 bits per heavy atom. The number of likely N-dealkylation sites (N-methyl/N-ethyl adjacent to an activating group) is 2. The van der Waals surface area contributed by atoms with E-state index in [-0.39, 0.29) is 23.0 Å². The van der Waals surface area contributed by atoms with Crippen molar-refractivity contribution in [2.45, 2.75) is 13.8 Å². The zero-order valence-corrected chi connectivity index (χ0v) is 11.6. The van der Waals surface area contributed by atoms with Crippen LogP contribution in [0.1, 0.15) is 13.8 Å². The van der Waals surface area contributed by atoms with E-state index in [1.54, 1.807) is 28.2 Å². The lowest BCUT2D eigenvalue weighted by atomic mass is 10.3. The Kier molecular flexibility index (Phi) is 9.66. The van der Waals surface area contributed by atoms with Gasteiger partial charge >= 0.3 is 0 Å². The van der Waals surface area contributed by atoms with Gasteiger partial charge in [0, 0.05) is 39.3 Å². The van der Waals surface area contributed by atoms with Crippen LogP contribution in [0, 0.1) is 0 Å². The van der Waals surface area contributed by atoms with E-state index in [9.17, 15) is 18.4 Å². The third-order valence-electron chi connectivity index (χ3n) is 1.81. The fourth-order valence-corrected chi connectivity index (χ4v) is 0.799. The highest BCUT2D eigenvalue weighted by atomic mass is 19.1. The molecule has 104 valence electrons. The average molecular weight is 262 g/mol. The van der Waals surface area contributed by atoms with E-state index >= 15 is 0 Å². The van der Waals surface area contributed by atoms with Crippen LogP contribution in [0.5, 0.6) is 0 Å². The van der Waals surface area contributed by atoms with Gasteiger partial charge in [0.15, 0.2) is 0 Å². The Balaban J connectivity index is 0. The summed E-state index contributed by atoms with van der Waals surface area (Å²) in [5, 5.41) is 0. The molecular formula is C12H20F2N2O2. The fourth-order valence-electron chi connectivity index (χ4n) is 0.799. The number of nitrogens with zero attached hydrogens (tertiary/aromatic N) is 2. The fraction of sp³-hybridized carbons (Fsp3) is 0.500. The van der Waals surface area contributed by atoms with Crippen molar-refractivity contribution in [3.8, 4) is 0 Å². The third kappa shape index (κ3) is 7.54. The maximum absolute atomic E-state index is 11.6. The number of hydrogen-bond acceptors (Lipinski definition) is 2. The number of halogens is 2. The van der Waals surface area contributed by atoms with Crippen molar-refractivity contribution in [3.63, 3.8) is 0 Å². The minimum atomic E-state index is -0.294. The zero-order valence-electron chi connectivity index (χ0n) is 11.6. The van der Waals surface area contributed by atoms with Crippen molar-refractivity contribution in [1.29, 1.82) is 0 Å². The van der Waals surface area contributed by atoms with Crippen LogP contribution < -0.4 is 0 Å². The molecule has 0 aromatic heterocycles. The Labute approximate surface area is 107 Å². The maximum Gasteiger partial charge on any atom is 0.251 e. The van der Waals surface area contributed by atoms with Gasteiger partial charge in [-0.05, 0) is 13.8 Å². The van der Waals surface area contributed by atoms with Crippen LogP contribution in [0.3, 0.4) is 0 Å². The van der Waals surface area contributed by atoms with E-state index in [0.717, 1.165) is 0 Å². The summed E-state index contributed by atoms with van der Waals surface area (Å²) < 4.78 is 23.2. The van der Waals surface area contributed by atoms with E-state index in [2.05, 4.69) is 0 Å². The van der Waals surface area contributed by atoms with Crippen LogP contribution in [0.4, 0.5) is 8.78 Å². The lowest BCUT2D eigenvalue weighted by molar-refractivity contribution is -0.125. The van der Waals surface area contributed by atoms with Gasteiger partial charge in [-0.1, -0.05) is 0 Å². The quantitative estimate of drug-likeness (QED) is 0.713. The SMILES string of the molecule is CC(=CF)C(=O)N(C)C.CC(=CF)C(=O)N(C)C. The molecule has 6 heteroatoms. The standard InChI is InChI=1S/2C6H10FNO/c2*1-5(4-7)6(9)8(2)3/h2*4H,1-3H3. The number of carbonyl (C=O) groups excluding carboxylic acids is 2. The van der Waals surface area contributed by atoms with Gasteiger partial charge in [-0.3, -0.25) is 9.59 Å². The van der Waals surface area contributed by atoms with Crippen molar-refractivity contribution in [2.75, 3.05) is 28.2 Å². The molecule has 18 heavy (non-hydrogen) atoms. The molecule has 0 spiro atoms. The van der Waals surface area contributed by atoms with E-state index in [0.29, 0.717) is 12.7 Å². The Bertz CT molecular complexity index is 314. The highest BCUT2D eigenvalue weighted by Gasteiger charge is 2.05. The largest absolute Gasteiger partial charge is 0.345 e. The lowest BCUT2D eigenvalue weighted by Crippen LogP contribution is -2.22. The van der Waals surface area contributed by atoms with Crippen LogP contribution in [-0.2, 0) is 9.59 Å². The van der Waals surface area contributed by atoms with E-state index in [1.165, 1.54) is 23.6 Å². The van der Waals surface area contributed by atoms with E-state index in [1.807, 2.05) is 0 Å². The van der Waals surface area contributed by atoms with Crippen LogP contribution >= 0.6 is 0 Å². The first-order chi connectivity index (χ1) is 8.18. The molecule has 0 unspecified atom stereocenters. The van der Waals surface area contributed by atoms with Crippen LogP contribution in [0.15, 0.2) is 23.8 Å². The van der Waals surface area contributed by atoms with Gasteiger partial charge in [0.2, 0.25) is 0 Å². The summed E-state index contributed by atoms with van der Waals surface area (Å²) in [5.41, 5.74) is 0.250. The van der Waals surface area contributed by atoms with Crippen molar-refractivity contribution >= 4 is 11.8 Å². The Morgan fingerprint density at radius 2 is 1.00 bits per heavy atom. The molecule has 0 aliphatic carbocycles. The number of amides is 2. The molecule has 0 fully saturated rings. The van der Waals surface area contributed by atoms with E-state index in [4.69, 9.17) is 0 Å². The maximum atomic E-state index is 11.6. The molecule has 0 heterocycles. The molecule has 0 rings (SSSR count). The molecule has 0 radical (unpaired) electrons. The molecule has 4 nitrogen and oxygen atoms in total. The molecule has 0 bridgehead atoms. The normalized spacial score (nSPS) is 11.3. The monoisotopic (exact) mass is 262 g/mol. The molecular weight excluding hydrogens is 242 g/mol. The summed E-state index contributed by atoms with van der Waals surface area (Å²) in [5.74, 6) is -0.588. The molecule has 0 aliphatic heterocycles. The molecule has 0 atom stereocenters. The zero-order chi connectivity index (χ0) is 14.9. The first-order valence-corrected chi connectivity index (χ1v) is 5.16. The third-order valence-corrected chi connectivity index (χ3v) is 1.81. The highest BCUT2D eigenvalue weighted by molar-refractivity contribution is 5.92. The van der Waals surface area contributed by atoms with Gasteiger partial charge in [-0.2, -0.15) is 0 Å². The Morgan fingerprint density at radius 3 is 1.06 bits per heavy atom. The molecule has 0 aliphatic rings.